The first-order chi connectivity index (χ1) is 7.38. The molecule has 1 unspecified atom stereocenters. The molecule has 5 heteroatoms. The van der Waals surface area contributed by atoms with Crippen LogP contribution in [0, 0.1) is 11.3 Å². The topological polar surface area (TPSA) is 75.4 Å². The number of hydrazine groups is 1. The molecule has 0 radical (unpaired) electrons. The summed E-state index contributed by atoms with van der Waals surface area (Å²) in [7, 11) is 0. The fraction of sp³-hybridized carbons (Fsp3) is 0.818. The molecule has 0 aromatic carbocycles. The van der Waals surface area contributed by atoms with Gasteiger partial charge < -0.3 is 4.90 Å². The van der Waals surface area contributed by atoms with E-state index in [-0.39, 0.29) is 17.7 Å². The number of amides is 2. The minimum Gasteiger partial charge on any atom is -0.341 e. The van der Waals surface area contributed by atoms with Gasteiger partial charge in [-0.1, -0.05) is 6.92 Å². The summed E-state index contributed by atoms with van der Waals surface area (Å²) >= 11 is 0. The minimum atomic E-state index is -0.637. The summed E-state index contributed by atoms with van der Waals surface area (Å²) in [5.74, 6) is 5.10. The first-order valence-corrected chi connectivity index (χ1v) is 5.68. The van der Waals surface area contributed by atoms with Gasteiger partial charge in [0, 0.05) is 19.0 Å². The second-order valence-corrected chi connectivity index (χ2v) is 5.16. The Kier molecular flexibility index (Phi) is 3.91. The number of piperidine rings is 1. The number of nitrogens with one attached hydrogen (secondary N) is 1. The summed E-state index contributed by atoms with van der Waals surface area (Å²) in [5.41, 5.74) is 1.51. The molecule has 1 aliphatic rings. The Balaban J connectivity index is 2.65. The molecule has 16 heavy (non-hydrogen) atoms. The normalized spacial score (nSPS) is 22.1. The van der Waals surface area contributed by atoms with E-state index in [1.807, 2.05) is 6.92 Å². The van der Waals surface area contributed by atoms with Crippen molar-refractivity contribution in [3.05, 3.63) is 0 Å². The molecule has 2 amide bonds. The van der Waals surface area contributed by atoms with Gasteiger partial charge in [0.05, 0.1) is 5.41 Å². The van der Waals surface area contributed by atoms with Crippen molar-refractivity contribution in [2.75, 3.05) is 13.1 Å². The Morgan fingerprint density at radius 1 is 1.62 bits per heavy atom. The zero-order chi connectivity index (χ0) is 12.3. The highest BCUT2D eigenvalue weighted by molar-refractivity contribution is 5.83. The van der Waals surface area contributed by atoms with Crippen molar-refractivity contribution < 1.29 is 9.59 Å². The van der Waals surface area contributed by atoms with Crippen molar-refractivity contribution in [3.63, 3.8) is 0 Å². The zero-order valence-corrected chi connectivity index (χ0v) is 10.2. The molecule has 0 aliphatic carbocycles. The first kappa shape index (κ1) is 13.0. The van der Waals surface area contributed by atoms with Gasteiger partial charge in [0.25, 0.3) is 0 Å². The molecule has 1 heterocycles. The average Bonchev–Trinajstić information content (AvgIpc) is 2.23. The molecule has 0 spiro atoms. The minimum absolute atomic E-state index is 0.0745. The highest BCUT2D eigenvalue weighted by Gasteiger charge is 2.34. The largest absolute Gasteiger partial charge is 0.341 e. The van der Waals surface area contributed by atoms with Gasteiger partial charge in [0.15, 0.2) is 0 Å². The van der Waals surface area contributed by atoms with Gasteiger partial charge in [-0.25, -0.2) is 5.84 Å². The quantitative estimate of drug-likeness (QED) is 0.412. The molecule has 1 fully saturated rings. The number of nitrogens with zero attached hydrogens (tertiary/aromatic N) is 1. The van der Waals surface area contributed by atoms with Gasteiger partial charge >= 0.3 is 0 Å². The van der Waals surface area contributed by atoms with Crippen molar-refractivity contribution in [1.82, 2.24) is 10.3 Å². The molecule has 0 saturated carbocycles. The summed E-state index contributed by atoms with van der Waals surface area (Å²) in [5, 5.41) is 0. The van der Waals surface area contributed by atoms with Crippen LogP contribution in [-0.4, -0.2) is 29.8 Å². The number of hydrogen-bond donors (Lipinski definition) is 2. The molecule has 3 N–H and O–H groups in total. The maximum Gasteiger partial charge on any atom is 0.241 e. The monoisotopic (exact) mass is 227 g/mol. The summed E-state index contributed by atoms with van der Waals surface area (Å²) in [6, 6.07) is 0. The van der Waals surface area contributed by atoms with Crippen LogP contribution in [0.4, 0.5) is 0 Å². The lowest BCUT2D eigenvalue weighted by atomic mass is 9.89. The molecule has 1 saturated heterocycles. The van der Waals surface area contributed by atoms with Gasteiger partial charge in [-0.15, -0.1) is 0 Å². The van der Waals surface area contributed by atoms with E-state index in [0.717, 1.165) is 19.4 Å². The predicted molar refractivity (Wildman–Crippen MR) is 61.1 cm³/mol. The van der Waals surface area contributed by atoms with Gasteiger partial charge in [-0.3, -0.25) is 15.0 Å². The van der Waals surface area contributed by atoms with Gasteiger partial charge in [-0.2, -0.15) is 0 Å². The third-order valence-electron chi connectivity index (χ3n) is 3.13. The van der Waals surface area contributed by atoms with Gasteiger partial charge in [-0.05, 0) is 26.7 Å². The van der Waals surface area contributed by atoms with E-state index in [9.17, 15) is 9.59 Å². The van der Waals surface area contributed by atoms with Gasteiger partial charge in [0.1, 0.15) is 0 Å². The Bertz CT molecular complexity index is 289. The van der Waals surface area contributed by atoms with Crippen molar-refractivity contribution in [2.45, 2.75) is 33.6 Å². The van der Waals surface area contributed by atoms with E-state index in [2.05, 4.69) is 5.43 Å². The van der Waals surface area contributed by atoms with E-state index >= 15 is 0 Å². The van der Waals surface area contributed by atoms with Crippen molar-refractivity contribution >= 4 is 11.8 Å². The van der Waals surface area contributed by atoms with Crippen LogP contribution in [0.1, 0.15) is 33.6 Å². The maximum atomic E-state index is 11.9. The second-order valence-electron chi connectivity index (χ2n) is 5.16. The molecule has 1 aliphatic heterocycles. The van der Waals surface area contributed by atoms with Crippen LogP contribution >= 0.6 is 0 Å². The number of carbonyl (C=O) groups excluding carboxylic acids is 2. The number of rotatable bonds is 3. The Hall–Kier alpha value is -1.10. The third-order valence-corrected chi connectivity index (χ3v) is 3.13. The smallest absolute Gasteiger partial charge is 0.241 e. The average molecular weight is 227 g/mol. The van der Waals surface area contributed by atoms with Crippen LogP contribution < -0.4 is 11.3 Å². The maximum absolute atomic E-state index is 11.9. The number of likely N-dealkylation sites (tertiary alicyclic amines) is 1. The molecule has 0 aromatic rings. The van der Waals surface area contributed by atoms with Crippen molar-refractivity contribution in [1.29, 1.82) is 0 Å². The summed E-state index contributed by atoms with van der Waals surface area (Å²) in [6.45, 7) is 6.69. The lowest BCUT2D eigenvalue weighted by Crippen LogP contribution is -2.51. The molecule has 0 bridgehead atoms. The van der Waals surface area contributed by atoms with Crippen molar-refractivity contribution in [3.8, 4) is 0 Å². The Morgan fingerprint density at radius 2 is 2.25 bits per heavy atom. The van der Waals surface area contributed by atoms with Crippen LogP contribution in [-0.2, 0) is 9.59 Å². The summed E-state index contributed by atoms with van der Waals surface area (Å²) < 4.78 is 0. The molecular weight excluding hydrogens is 206 g/mol. The fourth-order valence-corrected chi connectivity index (χ4v) is 2.03. The highest BCUT2D eigenvalue weighted by atomic mass is 16.2. The first-order valence-electron chi connectivity index (χ1n) is 5.68. The lowest BCUT2D eigenvalue weighted by Gasteiger charge is -2.35. The Morgan fingerprint density at radius 3 is 2.81 bits per heavy atom. The molecular formula is C11H21N3O2. The summed E-state index contributed by atoms with van der Waals surface area (Å²) in [4.78, 5) is 25.2. The number of carbonyl (C=O) groups is 2. The third kappa shape index (κ3) is 2.72. The molecule has 1 rings (SSSR count). The van der Waals surface area contributed by atoms with E-state index in [0.29, 0.717) is 6.54 Å². The van der Waals surface area contributed by atoms with E-state index in [1.165, 1.54) is 0 Å². The lowest BCUT2D eigenvalue weighted by molar-refractivity contribution is -0.141. The molecule has 1 atom stereocenters. The SMILES string of the molecule is CC1CCCN(CC(C)(C)C(=O)NN)C1=O. The van der Waals surface area contributed by atoms with E-state index in [4.69, 9.17) is 5.84 Å². The van der Waals surface area contributed by atoms with Crippen LogP contribution in [0.25, 0.3) is 0 Å². The van der Waals surface area contributed by atoms with E-state index in [1.54, 1.807) is 18.7 Å². The van der Waals surface area contributed by atoms with Crippen molar-refractivity contribution in [2.24, 2.45) is 17.2 Å². The van der Waals surface area contributed by atoms with Crippen LogP contribution in [0.5, 0.6) is 0 Å². The van der Waals surface area contributed by atoms with Gasteiger partial charge in [0.2, 0.25) is 11.8 Å². The molecule has 0 aromatic heterocycles. The number of nitrogens with two attached hydrogens (primary N) is 1. The highest BCUT2D eigenvalue weighted by Crippen LogP contribution is 2.23. The zero-order valence-electron chi connectivity index (χ0n) is 10.2. The van der Waals surface area contributed by atoms with Crippen LogP contribution in [0.15, 0.2) is 0 Å². The van der Waals surface area contributed by atoms with Crippen LogP contribution in [0.2, 0.25) is 0 Å². The molecule has 5 nitrogen and oxygen atoms in total. The second kappa shape index (κ2) is 4.82. The predicted octanol–water partition coefficient (Wildman–Crippen LogP) is 0.261. The van der Waals surface area contributed by atoms with Crippen LogP contribution in [0.3, 0.4) is 0 Å². The molecule has 92 valence electrons. The summed E-state index contributed by atoms with van der Waals surface area (Å²) in [6.07, 6.45) is 1.95. The standard InChI is InChI=1S/C11H21N3O2/c1-8-5-4-6-14(9(8)15)7-11(2,3)10(16)13-12/h8H,4-7,12H2,1-3H3,(H,13,16). The Labute approximate surface area is 96.3 Å². The van der Waals surface area contributed by atoms with E-state index < -0.39 is 5.41 Å². The number of hydrogen-bond acceptors (Lipinski definition) is 3. The fourth-order valence-electron chi connectivity index (χ4n) is 2.03.